The van der Waals surface area contributed by atoms with Crippen molar-refractivity contribution in [1.82, 2.24) is 0 Å². The van der Waals surface area contributed by atoms with E-state index in [1.807, 2.05) is 20.8 Å². The van der Waals surface area contributed by atoms with Gasteiger partial charge >= 0.3 is 0 Å². The van der Waals surface area contributed by atoms with Gasteiger partial charge in [-0.15, -0.1) is 0 Å². The van der Waals surface area contributed by atoms with Gasteiger partial charge in [0.15, 0.2) is 0 Å². The molecule has 0 fully saturated rings. The van der Waals surface area contributed by atoms with E-state index in [4.69, 9.17) is 5.48 Å². The predicted octanol–water partition coefficient (Wildman–Crippen LogP) is 3.60. The summed E-state index contributed by atoms with van der Waals surface area (Å²) in [4.78, 5) is 0. The molecule has 0 spiro atoms. The maximum Gasteiger partial charge on any atom is 0.0626 e. The van der Waals surface area contributed by atoms with Crippen LogP contribution in [-0.2, 0) is 5.41 Å². The molecule has 0 saturated heterocycles. The standard InChI is InChI=1S/C12H18/c1-9-6-7-11(8-10(9)2)12(3,4)5/h6-8H,1-5H3/i2D3,6D. The van der Waals surface area contributed by atoms with Crippen LogP contribution in [0.25, 0.3) is 0 Å². The summed E-state index contributed by atoms with van der Waals surface area (Å²) in [6, 6.07) is 3.77. The largest absolute Gasteiger partial charge is 0.0626 e. The van der Waals surface area contributed by atoms with Crippen molar-refractivity contribution in [2.75, 3.05) is 0 Å². The minimum absolute atomic E-state index is 0.135. The quantitative estimate of drug-likeness (QED) is 0.552. The van der Waals surface area contributed by atoms with Gasteiger partial charge in [0.2, 0.25) is 0 Å². The lowest BCUT2D eigenvalue weighted by Gasteiger charge is -2.19. The van der Waals surface area contributed by atoms with E-state index in [0.29, 0.717) is 17.2 Å². The summed E-state index contributed by atoms with van der Waals surface area (Å²) in [7, 11) is 0. The van der Waals surface area contributed by atoms with Crippen LogP contribution in [0.3, 0.4) is 0 Å². The van der Waals surface area contributed by atoms with E-state index in [1.54, 1.807) is 19.1 Å². The summed E-state index contributed by atoms with van der Waals surface area (Å²) >= 11 is 0. The average Bonchev–Trinajstić information content (AvgIpc) is 2.05. The van der Waals surface area contributed by atoms with Crippen molar-refractivity contribution in [3.63, 3.8) is 0 Å². The third kappa shape index (κ3) is 1.88. The number of hydrogen-bond donors (Lipinski definition) is 0. The van der Waals surface area contributed by atoms with Crippen molar-refractivity contribution in [3.05, 3.63) is 34.9 Å². The van der Waals surface area contributed by atoms with Crippen LogP contribution in [0.15, 0.2) is 18.2 Å². The Morgan fingerprint density at radius 1 is 1.33 bits per heavy atom. The summed E-state index contributed by atoms with van der Waals surface area (Å²) in [6.45, 7) is 5.60. The highest BCUT2D eigenvalue weighted by Crippen LogP contribution is 2.23. The first-order valence-corrected chi connectivity index (χ1v) is 4.15. The van der Waals surface area contributed by atoms with Crippen LogP contribution in [-0.4, -0.2) is 0 Å². The summed E-state index contributed by atoms with van der Waals surface area (Å²) in [5, 5.41) is 0. The maximum absolute atomic E-state index is 7.81. The second-order valence-electron chi connectivity index (χ2n) is 4.18. The van der Waals surface area contributed by atoms with Crippen molar-refractivity contribution in [2.24, 2.45) is 0 Å². The third-order valence-corrected chi connectivity index (χ3v) is 2.01. The Balaban J connectivity index is 3.46. The lowest BCUT2D eigenvalue weighted by atomic mass is 9.85. The third-order valence-electron chi connectivity index (χ3n) is 2.01. The molecule has 0 aliphatic carbocycles. The first-order valence-electron chi connectivity index (χ1n) is 6.15. The second kappa shape index (κ2) is 2.93. The molecule has 0 heteroatoms. The topological polar surface area (TPSA) is 0 Å². The summed E-state index contributed by atoms with van der Waals surface area (Å²) in [5.74, 6) is 0. The van der Waals surface area contributed by atoms with Crippen LogP contribution in [0.4, 0.5) is 0 Å². The molecule has 0 unspecified atom stereocenters. The van der Waals surface area contributed by atoms with Gasteiger partial charge in [0, 0.05) is 4.11 Å². The zero-order valence-electron chi connectivity index (χ0n) is 12.2. The highest BCUT2D eigenvalue weighted by atomic mass is 14.2. The van der Waals surface area contributed by atoms with Crippen LogP contribution < -0.4 is 0 Å². The molecule has 0 amide bonds. The molecule has 0 nitrogen and oxygen atoms in total. The number of hydrogen-bond acceptors (Lipinski definition) is 0. The van der Waals surface area contributed by atoms with Crippen LogP contribution in [0.1, 0.15) is 42.9 Å². The minimum Gasteiger partial charge on any atom is -0.0588 e. The van der Waals surface area contributed by atoms with Gasteiger partial charge in [-0.25, -0.2) is 0 Å². The van der Waals surface area contributed by atoms with Crippen LogP contribution >= 0.6 is 0 Å². The van der Waals surface area contributed by atoms with Gasteiger partial charge in [-0.3, -0.25) is 0 Å². The molecule has 1 aromatic carbocycles. The van der Waals surface area contributed by atoms with Gasteiger partial charge in [-0.2, -0.15) is 0 Å². The Labute approximate surface area is 81.2 Å². The van der Waals surface area contributed by atoms with E-state index < -0.39 is 6.85 Å². The Hall–Kier alpha value is -0.780. The van der Waals surface area contributed by atoms with E-state index in [0.717, 1.165) is 5.56 Å². The van der Waals surface area contributed by atoms with Crippen molar-refractivity contribution < 1.29 is 5.48 Å². The molecule has 1 rings (SSSR count). The van der Waals surface area contributed by atoms with Crippen molar-refractivity contribution in [3.8, 4) is 0 Å². The number of rotatable bonds is 0. The zero-order valence-corrected chi connectivity index (χ0v) is 8.15. The Morgan fingerprint density at radius 2 is 2.00 bits per heavy atom. The van der Waals surface area contributed by atoms with Gasteiger partial charge < -0.3 is 0 Å². The lowest BCUT2D eigenvalue weighted by Crippen LogP contribution is -2.11. The summed E-state index contributed by atoms with van der Waals surface area (Å²) < 4.78 is 30.2. The molecule has 0 aliphatic heterocycles. The van der Waals surface area contributed by atoms with Gasteiger partial charge in [-0.05, 0) is 35.9 Å². The predicted molar refractivity (Wildman–Crippen MR) is 54.6 cm³/mol. The molecule has 1 aromatic rings. The monoisotopic (exact) mass is 166 g/mol. The lowest BCUT2D eigenvalue weighted by molar-refractivity contribution is 0.589. The van der Waals surface area contributed by atoms with E-state index in [-0.39, 0.29) is 5.41 Å². The zero-order chi connectivity index (χ0) is 12.7. The normalized spacial score (nSPS) is 17.7. The molecule has 0 aliphatic rings. The fourth-order valence-corrected chi connectivity index (χ4v) is 1.00. The molecule has 0 saturated carbocycles. The Morgan fingerprint density at radius 3 is 2.50 bits per heavy atom. The van der Waals surface area contributed by atoms with Gasteiger partial charge in [-0.1, -0.05) is 38.9 Å². The molecular formula is C12H18. The summed E-state index contributed by atoms with van der Waals surface area (Å²) in [6.07, 6.45) is 0. The summed E-state index contributed by atoms with van der Waals surface area (Å²) in [5.41, 5.74) is 1.61. The van der Waals surface area contributed by atoms with Crippen molar-refractivity contribution in [1.29, 1.82) is 0 Å². The molecule has 0 aromatic heterocycles. The molecule has 0 bridgehead atoms. The van der Waals surface area contributed by atoms with Crippen molar-refractivity contribution in [2.45, 2.75) is 40.0 Å². The van der Waals surface area contributed by atoms with Crippen LogP contribution in [0.5, 0.6) is 0 Å². The SMILES string of the molecule is [2H]c1cc(C(C)(C)C)cc(C([2H])([2H])[2H])c1C. The second-order valence-corrected chi connectivity index (χ2v) is 4.18. The molecule has 0 atom stereocenters. The fraction of sp³-hybridized carbons (Fsp3) is 0.500. The minimum atomic E-state index is -2.14. The van der Waals surface area contributed by atoms with Gasteiger partial charge in [0.1, 0.15) is 0 Å². The van der Waals surface area contributed by atoms with E-state index in [2.05, 4.69) is 0 Å². The molecule has 66 valence electrons. The first-order chi connectivity index (χ1) is 7.03. The van der Waals surface area contributed by atoms with Crippen LogP contribution in [0.2, 0.25) is 0 Å². The van der Waals surface area contributed by atoms with Crippen molar-refractivity contribution >= 4 is 0 Å². The molecular weight excluding hydrogens is 144 g/mol. The molecule has 0 radical (unpaired) electrons. The highest BCUT2D eigenvalue weighted by molar-refractivity contribution is 5.33. The molecule has 0 heterocycles. The Kier molecular flexibility index (Phi) is 1.24. The smallest absolute Gasteiger partial charge is 0.0588 e. The maximum atomic E-state index is 7.81. The number of aryl methyl sites for hydroxylation is 1. The molecule has 0 N–H and O–H groups in total. The van der Waals surface area contributed by atoms with Gasteiger partial charge in [0.25, 0.3) is 0 Å². The van der Waals surface area contributed by atoms with Gasteiger partial charge in [0.05, 0.1) is 1.37 Å². The highest BCUT2D eigenvalue weighted by Gasteiger charge is 2.13. The molecule has 12 heavy (non-hydrogen) atoms. The fourth-order valence-electron chi connectivity index (χ4n) is 1.00. The average molecular weight is 166 g/mol. The first kappa shape index (κ1) is 5.06. The van der Waals surface area contributed by atoms with E-state index in [9.17, 15) is 0 Å². The number of benzene rings is 1. The Bertz CT molecular complexity index is 397. The van der Waals surface area contributed by atoms with Crippen LogP contribution in [0, 0.1) is 13.8 Å². The van der Waals surface area contributed by atoms with E-state index >= 15 is 0 Å². The van der Waals surface area contributed by atoms with E-state index in [1.165, 1.54) is 0 Å².